The van der Waals surface area contributed by atoms with E-state index in [4.69, 9.17) is 37.4 Å². The number of halogens is 2. The van der Waals surface area contributed by atoms with Gasteiger partial charge in [-0.2, -0.15) is 0 Å². The Bertz CT molecular complexity index is 1030. The van der Waals surface area contributed by atoms with Crippen molar-refractivity contribution in [2.24, 2.45) is 0 Å². The van der Waals surface area contributed by atoms with Crippen molar-refractivity contribution >= 4 is 28.9 Å². The minimum Gasteiger partial charge on any atom is -0.504 e. The number of para-hydroxylation sites is 2. The highest BCUT2D eigenvalue weighted by Crippen LogP contribution is 2.35. The monoisotopic (exact) mass is 463 g/mol. The van der Waals surface area contributed by atoms with Crippen LogP contribution in [0.1, 0.15) is 11.6 Å². The summed E-state index contributed by atoms with van der Waals surface area (Å²) in [7, 11) is 3.02. The van der Waals surface area contributed by atoms with Gasteiger partial charge in [0.2, 0.25) is 0 Å². The highest BCUT2D eigenvalue weighted by molar-refractivity contribution is 6.42. The summed E-state index contributed by atoms with van der Waals surface area (Å²) in [6, 6.07) is 16.7. The highest BCUT2D eigenvalue weighted by atomic mass is 35.5. The zero-order chi connectivity index (χ0) is 22.4. The average molecular weight is 464 g/mol. The summed E-state index contributed by atoms with van der Waals surface area (Å²) in [5.74, 6) is 1.33. The Morgan fingerprint density at radius 2 is 1.58 bits per heavy atom. The average Bonchev–Trinajstić information content (AvgIpc) is 2.79. The fourth-order valence-electron chi connectivity index (χ4n) is 3.13. The van der Waals surface area contributed by atoms with Gasteiger partial charge in [-0.25, -0.2) is 0 Å². The predicted octanol–water partition coefficient (Wildman–Crippen LogP) is 5.31. The van der Waals surface area contributed by atoms with E-state index in [1.807, 2.05) is 12.1 Å². The van der Waals surface area contributed by atoms with Crippen LogP contribution in [0, 0.1) is 0 Å². The summed E-state index contributed by atoms with van der Waals surface area (Å²) < 4.78 is 16.7. The number of aliphatic hydroxyl groups excluding tert-OH is 1. The van der Waals surface area contributed by atoms with Crippen molar-refractivity contribution in [3.05, 3.63) is 76.3 Å². The molecule has 3 N–H and O–H groups in total. The van der Waals surface area contributed by atoms with E-state index in [1.165, 1.54) is 13.2 Å². The van der Waals surface area contributed by atoms with Crippen LogP contribution >= 0.6 is 23.2 Å². The standard InChI is InChI=1S/C23H23Cl2NO5/c1-29-19-5-3-4-6-20(19)31-22(13-27)23(14-7-10-18(28)21(11-14)30-2)26-15-8-9-16(24)17(25)12-15/h3-12,22-23,26-28H,13H2,1-2H3. The van der Waals surface area contributed by atoms with Crippen LogP contribution in [-0.4, -0.2) is 37.1 Å². The number of benzene rings is 3. The summed E-state index contributed by atoms with van der Waals surface area (Å²) >= 11 is 12.2. The zero-order valence-electron chi connectivity index (χ0n) is 17.0. The molecular weight excluding hydrogens is 441 g/mol. The number of hydrogen-bond acceptors (Lipinski definition) is 6. The first-order chi connectivity index (χ1) is 15.0. The first kappa shape index (κ1) is 22.9. The first-order valence-electron chi connectivity index (χ1n) is 9.45. The smallest absolute Gasteiger partial charge is 0.161 e. The number of anilines is 1. The number of ether oxygens (including phenoxy) is 3. The highest BCUT2D eigenvalue weighted by Gasteiger charge is 2.27. The molecule has 2 unspecified atom stereocenters. The fourth-order valence-corrected chi connectivity index (χ4v) is 3.43. The number of methoxy groups -OCH3 is 2. The van der Waals surface area contributed by atoms with Crippen LogP contribution in [-0.2, 0) is 0 Å². The molecular formula is C23H23Cl2NO5. The molecule has 3 aromatic carbocycles. The molecule has 0 amide bonds. The maximum Gasteiger partial charge on any atom is 0.161 e. The molecule has 0 aliphatic rings. The summed E-state index contributed by atoms with van der Waals surface area (Å²) in [6.07, 6.45) is -0.722. The van der Waals surface area contributed by atoms with Gasteiger partial charge in [-0.15, -0.1) is 0 Å². The Kier molecular flexibility index (Phi) is 7.74. The van der Waals surface area contributed by atoms with E-state index in [1.54, 1.807) is 49.6 Å². The molecule has 3 rings (SSSR count). The second kappa shape index (κ2) is 10.5. The van der Waals surface area contributed by atoms with Gasteiger partial charge in [0.25, 0.3) is 0 Å². The summed E-state index contributed by atoms with van der Waals surface area (Å²) in [4.78, 5) is 0. The molecule has 31 heavy (non-hydrogen) atoms. The Hall–Kier alpha value is -2.80. The Morgan fingerprint density at radius 1 is 0.871 bits per heavy atom. The number of phenolic OH excluding ortho intramolecular Hbond substituents is 1. The van der Waals surface area contributed by atoms with Crippen molar-refractivity contribution in [3.8, 4) is 23.0 Å². The van der Waals surface area contributed by atoms with E-state index in [-0.39, 0.29) is 12.4 Å². The molecule has 0 aliphatic carbocycles. The second-order valence-electron chi connectivity index (χ2n) is 6.67. The molecule has 0 saturated carbocycles. The molecule has 0 spiro atoms. The van der Waals surface area contributed by atoms with E-state index in [0.717, 1.165) is 5.56 Å². The van der Waals surface area contributed by atoms with E-state index in [0.29, 0.717) is 33.0 Å². The van der Waals surface area contributed by atoms with Crippen LogP contribution in [0.4, 0.5) is 5.69 Å². The molecule has 0 radical (unpaired) electrons. The van der Waals surface area contributed by atoms with E-state index in [9.17, 15) is 10.2 Å². The van der Waals surface area contributed by atoms with Gasteiger partial charge >= 0.3 is 0 Å². The molecule has 0 saturated heterocycles. The normalized spacial score (nSPS) is 12.7. The molecule has 6 nitrogen and oxygen atoms in total. The second-order valence-corrected chi connectivity index (χ2v) is 7.49. The van der Waals surface area contributed by atoms with Gasteiger partial charge in [0.1, 0.15) is 6.10 Å². The SMILES string of the molecule is COc1cc(C(Nc2ccc(Cl)c(Cl)c2)C(CO)Oc2ccccc2OC)ccc1O. The van der Waals surface area contributed by atoms with Crippen LogP contribution in [0.15, 0.2) is 60.7 Å². The number of hydrogen-bond donors (Lipinski definition) is 3. The quantitative estimate of drug-likeness (QED) is 0.398. The van der Waals surface area contributed by atoms with Gasteiger partial charge in [0.15, 0.2) is 23.0 Å². The van der Waals surface area contributed by atoms with Gasteiger partial charge in [-0.1, -0.05) is 41.4 Å². The lowest BCUT2D eigenvalue weighted by Crippen LogP contribution is -2.34. The summed E-state index contributed by atoms with van der Waals surface area (Å²) in [5.41, 5.74) is 1.39. The van der Waals surface area contributed by atoms with E-state index in [2.05, 4.69) is 5.32 Å². The molecule has 0 fully saturated rings. The molecule has 0 aromatic heterocycles. The third-order valence-electron chi connectivity index (χ3n) is 4.70. The number of aromatic hydroxyl groups is 1. The van der Waals surface area contributed by atoms with Gasteiger partial charge < -0.3 is 29.7 Å². The third kappa shape index (κ3) is 5.47. The molecule has 8 heteroatoms. The van der Waals surface area contributed by atoms with Gasteiger partial charge in [0.05, 0.1) is 36.9 Å². The lowest BCUT2D eigenvalue weighted by Gasteiger charge is -2.29. The maximum atomic E-state index is 10.2. The van der Waals surface area contributed by atoms with Crippen molar-refractivity contribution in [1.29, 1.82) is 0 Å². The van der Waals surface area contributed by atoms with Gasteiger partial charge in [-0.3, -0.25) is 0 Å². The van der Waals surface area contributed by atoms with Crippen LogP contribution in [0.2, 0.25) is 10.0 Å². The number of nitrogens with one attached hydrogen (secondary N) is 1. The first-order valence-corrected chi connectivity index (χ1v) is 10.2. The molecule has 0 bridgehead atoms. The fraction of sp³-hybridized carbons (Fsp3) is 0.217. The maximum absolute atomic E-state index is 10.2. The minimum atomic E-state index is -0.722. The van der Waals surface area contributed by atoms with E-state index < -0.39 is 12.1 Å². The molecule has 164 valence electrons. The van der Waals surface area contributed by atoms with E-state index >= 15 is 0 Å². The van der Waals surface area contributed by atoms with Crippen molar-refractivity contribution in [3.63, 3.8) is 0 Å². The zero-order valence-corrected chi connectivity index (χ0v) is 18.5. The molecule has 0 aliphatic heterocycles. The van der Waals surface area contributed by atoms with Gasteiger partial charge in [0, 0.05) is 5.69 Å². The van der Waals surface area contributed by atoms with Crippen molar-refractivity contribution < 1.29 is 24.4 Å². The number of rotatable bonds is 9. The van der Waals surface area contributed by atoms with Crippen LogP contribution < -0.4 is 19.5 Å². The number of aliphatic hydroxyl groups is 1. The number of phenols is 1. The topological polar surface area (TPSA) is 80.2 Å². The minimum absolute atomic E-state index is 0.00531. The molecule has 2 atom stereocenters. The summed E-state index contributed by atoms with van der Waals surface area (Å²) in [5, 5.41) is 24.4. The summed E-state index contributed by atoms with van der Waals surface area (Å²) in [6.45, 7) is -0.305. The molecule has 3 aromatic rings. The largest absolute Gasteiger partial charge is 0.504 e. The van der Waals surface area contributed by atoms with Gasteiger partial charge in [-0.05, 0) is 48.0 Å². The lowest BCUT2D eigenvalue weighted by molar-refractivity contribution is 0.0968. The lowest BCUT2D eigenvalue weighted by atomic mass is 10.00. The van der Waals surface area contributed by atoms with Crippen LogP contribution in [0.3, 0.4) is 0 Å². The Balaban J connectivity index is 2.01. The van der Waals surface area contributed by atoms with Crippen LogP contribution in [0.25, 0.3) is 0 Å². The Labute approximate surface area is 190 Å². The predicted molar refractivity (Wildman–Crippen MR) is 122 cm³/mol. The van der Waals surface area contributed by atoms with Crippen molar-refractivity contribution in [2.75, 3.05) is 26.1 Å². The van der Waals surface area contributed by atoms with Crippen molar-refractivity contribution in [2.45, 2.75) is 12.1 Å². The van der Waals surface area contributed by atoms with Crippen molar-refractivity contribution in [1.82, 2.24) is 0 Å². The Morgan fingerprint density at radius 3 is 2.23 bits per heavy atom. The van der Waals surface area contributed by atoms with Crippen LogP contribution in [0.5, 0.6) is 23.0 Å². The molecule has 0 heterocycles. The third-order valence-corrected chi connectivity index (χ3v) is 5.44.